The minimum absolute atomic E-state index is 0.104. The highest BCUT2D eigenvalue weighted by Crippen LogP contribution is 2.20. The molecule has 1 aromatic heterocycles. The summed E-state index contributed by atoms with van der Waals surface area (Å²) in [5, 5.41) is 4.62. The number of rotatable bonds is 6. The van der Waals surface area contributed by atoms with Crippen molar-refractivity contribution >= 4 is 56.1 Å². The van der Waals surface area contributed by atoms with Gasteiger partial charge in [0.1, 0.15) is 0 Å². The number of nitrogens with zero attached hydrogens (tertiary/aromatic N) is 2. The first-order valence-corrected chi connectivity index (χ1v) is 10.5. The molecule has 0 saturated heterocycles. The molecule has 0 unspecified atom stereocenters. The highest BCUT2D eigenvalue weighted by molar-refractivity contribution is 9.10. The summed E-state index contributed by atoms with van der Waals surface area (Å²) in [6.45, 7) is 2.80. The van der Waals surface area contributed by atoms with Gasteiger partial charge in [0.25, 0.3) is 5.56 Å². The minimum Gasteiger partial charge on any atom is -0.351 e. The second kappa shape index (κ2) is 8.91. The molecular weight excluding hydrogens is 450 g/mol. The van der Waals surface area contributed by atoms with Crippen LogP contribution in [0.5, 0.6) is 0 Å². The summed E-state index contributed by atoms with van der Waals surface area (Å²) >= 11 is 10.5. The van der Waals surface area contributed by atoms with Crippen molar-refractivity contribution in [3.8, 4) is 0 Å². The maximum atomic E-state index is 12.7. The van der Waals surface area contributed by atoms with E-state index in [1.807, 2.05) is 25.1 Å². The number of aromatic nitrogens is 2. The lowest BCUT2D eigenvalue weighted by molar-refractivity contribution is -0.118. The topological polar surface area (TPSA) is 64.0 Å². The van der Waals surface area contributed by atoms with Gasteiger partial charge in [-0.25, -0.2) is 4.98 Å². The summed E-state index contributed by atoms with van der Waals surface area (Å²) < 4.78 is 2.42. The third-order valence-electron chi connectivity index (χ3n) is 3.93. The molecule has 0 spiro atoms. The van der Waals surface area contributed by atoms with Gasteiger partial charge in [-0.2, -0.15) is 0 Å². The van der Waals surface area contributed by atoms with Gasteiger partial charge in [0.15, 0.2) is 5.16 Å². The Labute approximate surface area is 174 Å². The van der Waals surface area contributed by atoms with Crippen LogP contribution in [-0.2, 0) is 17.9 Å². The van der Waals surface area contributed by atoms with Gasteiger partial charge >= 0.3 is 0 Å². The van der Waals surface area contributed by atoms with Crippen LogP contribution in [0.2, 0.25) is 5.02 Å². The van der Waals surface area contributed by atoms with Crippen LogP contribution in [-0.4, -0.2) is 21.2 Å². The van der Waals surface area contributed by atoms with Crippen LogP contribution >= 0.6 is 39.3 Å². The molecule has 3 rings (SSSR count). The Bertz CT molecular complexity index is 1040. The van der Waals surface area contributed by atoms with Gasteiger partial charge in [0, 0.05) is 22.6 Å². The van der Waals surface area contributed by atoms with Crippen molar-refractivity contribution in [1.29, 1.82) is 0 Å². The molecule has 1 heterocycles. The number of carbonyl (C=O) groups excluding carboxylic acids is 1. The quantitative estimate of drug-likeness (QED) is 0.436. The van der Waals surface area contributed by atoms with Crippen molar-refractivity contribution in [2.45, 2.75) is 25.2 Å². The summed E-state index contributed by atoms with van der Waals surface area (Å²) in [7, 11) is 0. The molecule has 0 aliphatic rings. The number of nitrogens with one attached hydrogen (secondary N) is 1. The molecule has 0 bridgehead atoms. The number of fused-ring (bicyclic) bond motifs is 1. The van der Waals surface area contributed by atoms with E-state index in [-0.39, 0.29) is 17.2 Å². The summed E-state index contributed by atoms with van der Waals surface area (Å²) in [5.74, 6) is 0.0602. The van der Waals surface area contributed by atoms with Gasteiger partial charge in [-0.05, 0) is 42.8 Å². The fourth-order valence-electron chi connectivity index (χ4n) is 2.55. The van der Waals surface area contributed by atoms with Gasteiger partial charge in [-0.1, -0.05) is 51.4 Å². The molecule has 2 aromatic carbocycles. The number of thioether (sulfide) groups is 1. The highest BCUT2D eigenvalue weighted by Gasteiger charge is 2.12. The number of hydrogen-bond donors (Lipinski definition) is 1. The summed E-state index contributed by atoms with van der Waals surface area (Å²) in [4.78, 5) is 29.4. The second-order valence-corrected chi connectivity index (χ2v) is 8.09. The van der Waals surface area contributed by atoms with E-state index in [0.717, 1.165) is 10.0 Å². The Morgan fingerprint density at radius 3 is 2.70 bits per heavy atom. The molecule has 0 atom stereocenters. The Morgan fingerprint density at radius 1 is 1.26 bits per heavy atom. The van der Waals surface area contributed by atoms with Gasteiger partial charge < -0.3 is 5.32 Å². The second-order valence-electron chi connectivity index (χ2n) is 5.80. The molecule has 0 aliphatic carbocycles. The molecule has 0 radical (unpaired) electrons. The zero-order valence-corrected chi connectivity index (χ0v) is 17.7. The highest BCUT2D eigenvalue weighted by atomic mass is 79.9. The molecular formula is C19H17BrClN3O2S. The van der Waals surface area contributed by atoms with E-state index >= 15 is 0 Å². The minimum atomic E-state index is -0.122. The molecule has 0 aliphatic heterocycles. The lowest BCUT2D eigenvalue weighted by Crippen LogP contribution is -2.26. The van der Waals surface area contributed by atoms with Crippen LogP contribution < -0.4 is 10.9 Å². The third-order valence-corrected chi connectivity index (χ3v) is 5.65. The smallest absolute Gasteiger partial charge is 0.262 e. The van der Waals surface area contributed by atoms with Crippen LogP contribution in [0.4, 0.5) is 0 Å². The fourth-order valence-corrected chi connectivity index (χ4v) is 3.93. The Morgan fingerprint density at radius 2 is 2.00 bits per heavy atom. The molecule has 0 saturated carbocycles. The van der Waals surface area contributed by atoms with Gasteiger partial charge in [-0.15, -0.1) is 0 Å². The zero-order chi connectivity index (χ0) is 19.4. The van der Waals surface area contributed by atoms with E-state index in [1.54, 1.807) is 28.8 Å². The maximum Gasteiger partial charge on any atom is 0.262 e. The van der Waals surface area contributed by atoms with Crippen molar-refractivity contribution in [1.82, 2.24) is 14.9 Å². The maximum absolute atomic E-state index is 12.7. The lowest BCUT2D eigenvalue weighted by Gasteiger charge is -2.11. The van der Waals surface area contributed by atoms with E-state index in [9.17, 15) is 9.59 Å². The number of benzene rings is 2. The number of halogens is 2. The van der Waals surface area contributed by atoms with Crippen LogP contribution in [0.1, 0.15) is 12.5 Å². The summed E-state index contributed by atoms with van der Waals surface area (Å²) in [5.41, 5.74) is 1.49. The predicted molar refractivity (Wildman–Crippen MR) is 113 cm³/mol. The van der Waals surface area contributed by atoms with Crippen LogP contribution in [0.25, 0.3) is 10.9 Å². The normalized spacial score (nSPS) is 10.9. The van der Waals surface area contributed by atoms with E-state index in [2.05, 4.69) is 26.2 Å². The molecule has 1 N–H and O–H groups in total. The van der Waals surface area contributed by atoms with E-state index in [0.29, 0.717) is 34.2 Å². The Hall–Kier alpha value is -1.83. The van der Waals surface area contributed by atoms with E-state index in [4.69, 9.17) is 11.6 Å². The first kappa shape index (κ1) is 19.9. The standard InChI is InChI=1S/C19H17BrClN3O2S/c1-2-24-18(26)15-9-13(20)5-8-16(15)23-19(24)27-11-17(25)22-10-12-3-6-14(21)7-4-12/h3-9H,2,10-11H2,1H3,(H,22,25). The predicted octanol–water partition coefficient (Wildman–Crippen LogP) is 4.24. The van der Waals surface area contributed by atoms with E-state index < -0.39 is 0 Å². The van der Waals surface area contributed by atoms with Crippen molar-refractivity contribution in [2.75, 3.05) is 5.75 Å². The number of hydrogen-bond acceptors (Lipinski definition) is 4. The number of amides is 1. The fraction of sp³-hybridized carbons (Fsp3) is 0.211. The SMILES string of the molecule is CCn1c(SCC(=O)NCc2ccc(Cl)cc2)nc2ccc(Br)cc2c1=O. The average molecular weight is 467 g/mol. The third kappa shape index (κ3) is 4.91. The van der Waals surface area contributed by atoms with Gasteiger partial charge in [0.05, 0.1) is 16.7 Å². The van der Waals surface area contributed by atoms with E-state index in [1.165, 1.54) is 11.8 Å². The average Bonchev–Trinajstić information content (AvgIpc) is 2.66. The molecule has 3 aromatic rings. The van der Waals surface area contributed by atoms with Gasteiger partial charge in [0.2, 0.25) is 5.91 Å². The van der Waals surface area contributed by atoms with Crippen molar-refractivity contribution in [3.05, 3.63) is 67.9 Å². The first-order chi connectivity index (χ1) is 13.0. The van der Waals surface area contributed by atoms with Crippen LogP contribution in [0.3, 0.4) is 0 Å². The largest absolute Gasteiger partial charge is 0.351 e. The monoisotopic (exact) mass is 465 g/mol. The molecule has 0 fully saturated rings. The van der Waals surface area contributed by atoms with Crippen LogP contribution in [0.15, 0.2) is 56.9 Å². The number of carbonyl (C=O) groups is 1. The zero-order valence-electron chi connectivity index (χ0n) is 14.5. The van der Waals surface area contributed by atoms with Crippen LogP contribution in [0, 0.1) is 0 Å². The first-order valence-electron chi connectivity index (χ1n) is 8.32. The summed E-state index contributed by atoms with van der Waals surface area (Å²) in [6.07, 6.45) is 0. The molecule has 8 heteroatoms. The summed E-state index contributed by atoms with van der Waals surface area (Å²) in [6, 6.07) is 12.7. The van der Waals surface area contributed by atoms with Crippen molar-refractivity contribution < 1.29 is 4.79 Å². The molecule has 5 nitrogen and oxygen atoms in total. The Balaban J connectivity index is 1.70. The molecule has 140 valence electrons. The van der Waals surface area contributed by atoms with Gasteiger partial charge in [-0.3, -0.25) is 14.2 Å². The molecule has 1 amide bonds. The lowest BCUT2D eigenvalue weighted by atomic mass is 10.2. The van der Waals surface area contributed by atoms with Crippen molar-refractivity contribution in [2.24, 2.45) is 0 Å². The molecule has 27 heavy (non-hydrogen) atoms. The Kier molecular flexibility index (Phi) is 6.57. The van der Waals surface area contributed by atoms with Crippen molar-refractivity contribution in [3.63, 3.8) is 0 Å².